The fourth-order valence-corrected chi connectivity index (χ4v) is 1.75. The standard InChI is InChI=1S/C13H17FN2O4/c1-15(7-3-2-4-8-17)13(18)10-5-6-11(14)12(9-10)16(19)20/h5-6,9,17H,2-4,7-8H2,1H3. The van der Waals surface area contributed by atoms with Crippen molar-refractivity contribution in [2.24, 2.45) is 0 Å². The van der Waals surface area contributed by atoms with E-state index in [0.717, 1.165) is 25.0 Å². The van der Waals surface area contributed by atoms with E-state index in [1.807, 2.05) is 0 Å². The molecular weight excluding hydrogens is 267 g/mol. The Morgan fingerprint density at radius 1 is 1.40 bits per heavy atom. The number of nitro groups is 1. The number of halogens is 1. The molecule has 1 aromatic carbocycles. The third-order valence-electron chi connectivity index (χ3n) is 2.89. The summed E-state index contributed by atoms with van der Waals surface area (Å²) in [5.74, 6) is -1.35. The van der Waals surface area contributed by atoms with Gasteiger partial charge in [-0.2, -0.15) is 4.39 Å². The van der Waals surface area contributed by atoms with Gasteiger partial charge in [0.15, 0.2) is 0 Å². The highest BCUT2D eigenvalue weighted by Crippen LogP contribution is 2.19. The van der Waals surface area contributed by atoms with Gasteiger partial charge in [-0.3, -0.25) is 14.9 Å². The Morgan fingerprint density at radius 3 is 2.70 bits per heavy atom. The van der Waals surface area contributed by atoms with Crippen molar-refractivity contribution in [3.05, 3.63) is 39.7 Å². The van der Waals surface area contributed by atoms with Gasteiger partial charge in [-0.05, 0) is 31.4 Å². The number of amides is 1. The van der Waals surface area contributed by atoms with E-state index in [1.165, 1.54) is 11.0 Å². The fraction of sp³-hybridized carbons (Fsp3) is 0.462. The number of hydrogen-bond donors (Lipinski definition) is 1. The lowest BCUT2D eigenvalue weighted by atomic mass is 10.1. The van der Waals surface area contributed by atoms with Crippen molar-refractivity contribution in [3.63, 3.8) is 0 Å². The number of rotatable bonds is 7. The van der Waals surface area contributed by atoms with Gasteiger partial charge < -0.3 is 10.0 Å². The Hall–Kier alpha value is -2.02. The third-order valence-corrected chi connectivity index (χ3v) is 2.89. The largest absolute Gasteiger partial charge is 0.396 e. The van der Waals surface area contributed by atoms with Gasteiger partial charge in [0.25, 0.3) is 5.91 Å². The lowest BCUT2D eigenvalue weighted by molar-refractivity contribution is -0.387. The molecule has 0 atom stereocenters. The van der Waals surface area contributed by atoms with Crippen LogP contribution >= 0.6 is 0 Å². The van der Waals surface area contributed by atoms with Crippen LogP contribution in [0.25, 0.3) is 0 Å². The number of aliphatic hydroxyl groups is 1. The molecule has 0 aliphatic rings. The van der Waals surface area contributed by atoms with Gasteiger partial charge in [-0.15, -0.1) is 0 Å². The summed E-state index contributed by atoms with van der Waals surface area (Å²) in [5.41, 5.74) is -0.618. The van der Waals surface area contributed by atoms with Crippen molar-refractivity contribution >= 4 is 11.6 Å². The molecule has 0 unspecified atom stereocenters. The third kappa shape index (κ3) is 4.27. The van der Waals surface area contributed by atoms with Crippen molar-refractivity contribution in [3.8, 4) is 0 Å². The Bertz CT molecular complexity index is 493. The minimum absolute atomic E-state index is 0.0859. The van der Waals surface area contributed by atoms with E-state index in [1.54, 1.807) is 7.05 Å². The Kier molecular flexibility index (Phi) is 6.05. The molecular formula is C13H17FN2O4. The molecule has 0 aromatic heterocycles. The lowest BCUT2D eigenvalue weighted by Crippen LogP contribution is -2.27. The molecule has 1 aromatic rings. The summed E-state index contributed by atoms with van der Waals surface area (Å²) >= 11 is 0. The first-order valence-electron chi connectivity index (χ1n) is 6.27. The second kappa shape index (κ2) is 7.54. The quantitative estimate of drug-likeness (QED) is 0.471. The SMILES string of the molecule is CN(CCCCCO)C(=O)c1ccc(F)c([N+](=O)[O-])c1. The van der Waals surface area contributed by atoms with Gasteiger partial charge >= 0.3 is 5.69 Å². The van der Waals surface area contributed by atoms with Crippen molar-refractivity contribution in [2.75, 3.05) is 20.2 Å². The number of carbonyl (C=O) groups excluding carboxylic acids is 1. The summed E-state index contributed by atoms with van der Waals surface area (Å²) in [6.45, 7) is 0.589. The van der Waals surface area contributed by atoms with Crippen LogP contribution < -0.4 is 0 Å². The molecule has 0 bridgehead atoms. The molecule has 0 aliphatic heterocycles. The predicted molar refractivity (Wildman–Crippen MR) is 71.0 cm³/mol. The van der Waals surface area contributed by atoms with Gasteiger partial charge in [-0.1, -0.05) is 0 Å². The van der Waals surface area contributed by atoms with Crippen LogP contribution in [0.2, 0.25) is 0 Å². The number of nitro benzene ring substituents is 1. The molecule has 0 fully saturated rings. The van der Waals surface area contributed by atoms with Crippen molar-refractivity contribution in [2.45, 2.75) is 19.3 Å². The Labute approximate surface area is 116 Å². The zero-order valence-electron chi connectivity index (χ0n) is 11.2. The minimum atomic E-state index is -0.961. The molecule has 0 spiro atoms. The van der Waals surface area contributed by atoms with Gasteiger partial charge in [0.1, 0.15) is 0 Å². The lowest BCUT2D eigenvalue weighted by Gasteiger charge is -2.17. The molecule has 1 N–H and O–H groups in total. The second-order valence-corrected chi connectivity index (χ2v) is 4.43. The molecule has 110 valence electrons. The second-order valence-electron chi connectivity index (χ2n) is 4.43. The Morgan fingerprint density at radius 2 is 2.10 bits per heavy atom. The predicted octanol–water partition coefficient (Wildman–Crippen LogP) is 1.97. The highest BCUT2D eigenvalue weighted by Gasteiger charge is 2.19. The maximum absolute atomic E-state index is 13.2. The van der Waals surface area contributed by atoms with E-state index in [2.05, 4.69) is 0 Å². The van der Waals surface area contributed by atoms with E-state index in [4.69, 9.17) is 5.11 Å². The van der Waals surface area contributed by atoms with Gasteiger partial charge in [0.05, 0.1) is 4.92 Å². The summed E-state index contributed by atoms with van der Waals surface area (Å²) in [6.07, 6.45) is 2.19. The molecule has 7 heteroatoms. The average molecular weight is 284 g/mol. The van der Waals surface area contributed by atoms with Crippen LogP contribution in [0.15, 0.2) is 18.2 Å². The zero-order chi connectivity index (χ0) is 15.1. The topological polar surface area (TPSA) is 83.7 Å². The van der Waals surface area contributed by atoms with E-state index in [0.29, 0.717) is 13.0 Å². The Balaban J connectivity index is 2.71. The van der Waals surface area contributed by atoms with Crippen LogP contribution in [0.1, 0.15) is 29.6 Å². The molecule has 0 heterocycles. The van der Waals surface area contributed by atoms with Crippen LogP contribution in [-0.2, 0) is 0 Å². The average Bonchev–Trinajstić information content (AvgIpc) is 2.42. The number of aliphatic hydroxyl groups excluding tert-OH is 1. The van der Waals surface area contributed by atoms with E-state index in [9.17, 15) is 19.3 Å². The van der Waals surface area contributed by atoms with Gasteiger partial charge in [-0.25, -0.2) is 0 Å². The number of unbranched alkanes of at least 4 members (excludes halogenated alkanes) is 2. The zero-order valence-corrected chi connectivity index (χ0v) is 11.2. The fourth-order valence-electron chi connectivity index (χ4n) is 1.75. The minimum Gasteiger partial charge on any atom is -0.396 e. The number of benzene rings is 1. The first-order valence-corrected chi connectivity index (χ1v) is 6.27. The normalized spacial score (nSPS) is 10.3. The highest BCUT2D eigenvalue weighted by molar-refractivity contribution is 5.94. The maximum Gasteiger partial charge on any atom is 0.305 e. The molecule has 0 saturated heterocycles. The number of carbonyl (C=O) groups is 1. The van der Waals surface area contributed by atoms with Gasteiger partial charge in [0, 0.05) is 31.8 Å². The molecule has 0 aliphatic carbocycles. The highest BCUT2D eigenvalue weighted by atomic mass is 19.1. The van der Waals surface area contributed by atoms with Crippen LogP contribution in [0.5, 0.6) is 0 Å². The maximum atomic E-state index is 13.2. The summed E-state index contributed by atoms with van der Waals surface area (Å²) < 4.78 is 13.2. The molecule has 6 nitrogen and oxygen atoms in total. The summed E-state index contributed by atoms with van der Waals surface area (Å²) in [4.78, 5) is 23.2. The van der Waals surface area contributed by atoms with Crippen LogP contribution in [0, 0.1) is 15.9 Å². The van der Waals surface area contributed by atoms with Crippen molar-refractivity contribution in [1.29, 1.82) is 0 Å². The van der Waals surface area contributed by atoms with E-state index in [-0.39, 0.29) is 12.2 Å². The van der Waals surface area contributed by atoms with Crippen LogP contribution in [0.4, 0.5) is 10.1 Å². The first-order chi connectivity index (χ1) is 9.47. The molecule has 1 amide bonds. The molecule has 0 radical (unpaired) electrons. The van der Waals surface area contributed by atoms with Crippen LogP contribution in [0.3, 0.4) is 0 Å². The smallest absolute Gasteiger partial charge is 0.305 e. The summed E-state index contributed by atoms with van der Waals surface area (Å²) in [6, 6.07) is 3.10. The van der Waals surface area contributed by atoms with E-state index >= 15 is 0 Å². The van der Waals surface area contributed by atoms with Gasteiger partial charge in [0.2, 0.25) is 5.82 Å². The molecule has 1 rings (SSSR count). The van der Waals surface area contributed by atoms with E-state index < -0.39 is 22.3 Å². The monoisotopic (exact) mass is 284 g/mol. The summed E-state index contributed by atoms with van der Waals surface area (Å²) in [5, 5.41) is 19.3. The number of hydrogen-bond acceptors (Lipinski definition) is 4. The van der Waals surface area contributed by atoms with Crippen molar-refractivity contribution in [1.82, 2.24) is 4.90 Å². The number of nitrogens with zero attached hydrogens (tertiary/aromatic N) is 2. The van der Waals surface area contributed by atoms with Crippen LogP contribution in [-0.4, -0.2) is 41.0 Å². The summed E-state index contributed by atoms with van der Waals surface area (Å²) in [7, 11) is 1.58. The van der Waals surface area contributed by atoms with Crippen molar-refractivity contribution < 1.29 is 19.2 Å². The molecule has 0 saturated carbocycles. The first kappa shape index (κ1) is 16.0. The molecule has 20 heavy (non-hydrogen) atoms.